The molecule has 1 aliphatic rings. The van der Waals surface area contributed by atoms with Crippen LogP contribution in [-0.4, -0.2) is 22.3 Å². The average molecular weight is 313 g/mol. The van der Waals surface area contributed by atoms with Crippen LogP contribution in [0, 0.1) is 0 Å². The molecule has 5 heteroatoms. The lowest BCUT2D eigenvalue weighted by Gasteiger charge is -2.23. The molecule has 1 saturated heterocycles. The Bertz CT molecular complexity index is 618. The number of halogens is 2. The summed E-state index contributed by atoms with van der Waals surface area (Å²) < 4.78 is 8.02. The van der Waals surface area contributed by atoms with Crippen LogP contribution in [0.4, 0.5) is 0 Å². The van der Waals surface area contributed by atoms with Crippen molar-refractivity contribution in [2.45, 2.75) is 44.2 Å². The van der Waals surface area contributed by atoms with E-state index in [1.807, 2.05) is 25.1 Å². The van der Waals surface area contributed by atoms with E-state index in [-0.39, 0.29) is 17.5 Å². The molecule has 0 bridgehead atoms. The lowest BCUT2D eigenvalue weighted by Crippen LogP contribution is -2.22. The molecule has 1 fully saturated rings. The third kappa shape index (κ3) is 2.32. The van der Waals surface area contributed by atoms with Crippen LogP contribution in [0.15, 0.2) is 18.2 Å². The normalized spacial score (nSPS) is 22.3. The number of fused-ring (bicyclic) bond motifs is 1. The zero-order valence-corrected chi connectivity index (χ0v) is 13.2. The molecule has 1 aromatic carbocycles. The number of hydrogen-bond acceptors (Lipinski definition) is 2. The highest BCUT2D eigenvalue weighted by Crippen LogP contribution is 2.34. The van der Waals surface area contributed by atoms with Gasteiger partial charge in [0.1, 0.15) is 11.3 Å². The van der Waals surface area contributed by atoms with Gasteiger partial charge in [0.15, 0.2) is 0 Å². The molecule has 0 aliphatic carbocycles. The van der Waals surface area contributed by atoms with Crippen molar-refractivity contribution >= 4 is 34.2 Å². The minimum Gasteiger partial charge on any atom is -0.376 e. The summed E-state index contributed by atoms with van der Waals surface area (Å²) in [5, 5.41) is 0.502. The minimum atomic E-state index is -0.165. The van der Waals surface area contributed by atoms with Gasteiger partial charge in [-0.3, -0.25) is 0 Å². The highest BCUT2D eigenvalue weighted by atomic mass is 35.5. The Labute approximate surface area is 128 Å². The molecule has 108 valence electrons. The number of rotatable bonds is 3. The van der Waals surface area contributed by atoms with Crippen LogP contribution in [0.25, 0.3) is 11.0 Å². The first kappa shape index (κ1) is 14.2. The quantitative estimate of drug-likeness (QED) is 0.766. The summed E-state index contributed by atoms with van der Waals surface area (Å²) in [5.41, 5.74) is 1.85. The molecule has 0 radical (unpaired) electrons. The second-order valence-electron chi connectivity index (χ2n) is 5.36. The Morgan fingerprint density at radius 3 is 2.85 bits per heavy atom. The first-order chi connectivity index (χ1) is 9.59. The van der Waals surface area contributed by atoms with Gasteiger partial charge in [-0.2, -0.15) is 0 Å². The van der Waals surface area contributed by atoms with Crippen LogP contribution in [0.5, 0.6) is 0 Å². The number of imidazole rings is 1. The highest BCUT2D eigenvalue weighted by molar-refractivity contribution is 6.35. The molecule has 3 atom stereocenters. The van der Waals surface area contributed by atoms with Gasteiger partial charge in [0.05, 0.1) is 28.1 Å². The lowest BCUT2D eigenvalue weighted by atomic mass is 10.1. The predicted octanol–water partition coefficient (Wildman–Crippen LogP) is 4.73. The van der Waals surface area contributed by atoms with E-state index in [1.165, 1.54) is 0 Å². The van der Waals surface area contributed by atoms with E-state index in [0.29, 0.717) is 5.02 Å². The van der Waals surface area contributed by atoms with Crippen molar-refractivity contribution in [1.29, 1.82) is 0 Å². The first-order valence-corrected chi connectivity index (χ1v) is 7.83. The van der Waals surface area contributed by atoms with Crippen molar-refractivity contribution in [2.75, 3.05) is 6.61 Å². The SMILES string of the molecule is CC(Cl)c1nc2c(Cl)cccc2n1C(C)C1CCCO1. The van der Waals surface area contributed by atoms with E-state index in [2.05, 4.69) is 16.5 Å². The van der Waals surface area contributed by atoms with Gasteiger partial charge in [0.2, 0.25) is 0 Å². The fourth-order valence-electron chi connectivity index (χ4n) is 2.96. The molecule has 3 nitrogen and oxygen atoms in total. The third-order valence-corrected chi connectivity index (χ3v) is 4.46. The van der Waals surface area contributed by atoms with Crippen molar-refractivity contribution < 1.29 is 4.74 Å². The summed E-state index contributed by atoms with van der Waals surface area (Å²) in [6.45, 7) is 4.95. The van der Waals surface area contributed by atoms with Crippen LogP contribution in [0.1, 0.15) is 43.9 Å². The molecule has 0 N–H and O–H groups in total. The molecule has 0 saturated carbocycles. The highest BCUT2D eigenvalue weighted by Gasteiger charge is 2.28. The van der Waals surface area contributed by atoms with E-state index >= 15 is 0 Å². The molecule has 3 rings (SSSR count). The molecule has 1 aliphatic heterocycles. The standard InChI is InChI=1S/C15H18Cl2N2O/c1-9(16)15-18-14-11(17)5-3-6-12(14)19(15)10(2)13-7-4-8-20-13/h3,5-6,9-10,13H,4,7-8H2,1-2H3. The molecule has 20 heavy (non-hydrogen) atoms. The number of benzene rings is 1. The number of nitrogens with zero attached hydrogens (tertiary/aromatic N) is 2. The van der Waals surface area contributed by atoms with E-state index in [4.69, 9.17) is 27.9 Å². The summed E-state index contributed by atoms with van der Waals surface area (Å²) in [6.07, 6.45) is 2.42. The molecule has 0 amide bonds. The Kier molecular flexibility index (Phi) is 3.93. The summed E-state index contributed by atoms with van der Waals surface area (Å²) in [5.74, 6) is 0.859. The predicted molar refractivity (Wildman–Crippen MR) is 82.7 cm³/mol. The first-order valence-electron chi connectivity index (χ1n) is 7.01. The fourth-order valence-corrected chi connectivity index (χ4v) is 3.32. The van der Waals surface area contributed by atoms with Gasteiger partial charge < -0.3 is 9.30 Å². The summed E-state index contributed by atoms with van der Waals surface area (Å²) in [6, 6.07) is 6.06. The van der Waals surface area contributed by atoms with E-state index in [0.717, 1.165) is 36.3 Å². The average Bonchev–Trinajstić information content (AvgIpc) is 3.06. The van der Waals surface area contributed by atoms with Crippen molar-refractivity contribution in [2.24, 2.45) is 0 Å². The number of ether oxygens (including phenoxy) is 1. The Balaban J connectivity index is 2.15. The summed E-state index contributed by atoms with van der Waals surface area (Å²) in [7, 11) is 0. The maximum Gasteiger partial charge on any atom is 0.128 e. The summed E-state index contributed by atoms with van der Waals surface area (Å²) in [4.78, 5) is 4.65. The zero-order chi connectivity index (χ0) is 14.3. The summed E-state index contributed by atoms with van der Waals surface area (Å²) >= 11 is 12.6. The monoisotopic (exact) mass is 312 g/mol. The maximum absolute atomic E-state index is 6.32. The molecule has 2 heterocycles. The topological polar surface area (TPSA) is 27.1 Å². The third-order valence-electron chi connectivity index (χ3n) is 3.96. The van der Waals surface area contributed by atoms with E-state index in [1.54, 1.807) is 0 Å². The van der Waals surface area contributed by atoms with Crippen molar-refractivity contribution in [3.63, 3.8) is 0 Å². The van der Waals surface area contributed by atoms with Crippen LogP contribution < -0.4 is 0 Å². The fraction of sp³-hybridized carbons (Fsp3) is 0.533. The Morgan fingerprint density at radius 2 is 2.20 bits per heavy atom. The number of para-hydroxylation sites is 1. The number of hydrogen-bond donors (Lipinski definition) is 0. The van der Waals surface area contributed by atoms with Crippen molar-refractivity contribution in [3.05, 3.63) is 29.0 Å². The van der Waals surface area contributed by atoms with Crippen LogP contribution in [0.2, 0.25) is 5.02 Å². The zero-order valence-electron chi connectivity index (χ0n) is 11.6. The Morgan fingerprint density at radius 1 is 1.40 bits per heavy atom. The van der Waals surface area contributed by atoms with Gasteiger partial charge in [-0.05, 0) is 38.8 Å². The molecule has 1 aromatic heterocycles. The van der Waals surface area contributed by atoms with Crippen LogP contribution in [0.3, 0.4) is 0 Å². The van der Waals surface area contributed by atoms with Gasteiger partial charge >= 0.3 is 0 Å². The Hall–Kier alpha value is -0.770. The van der Waals surface area contributed by atoms with Gasteiger partial charge in [-0.25, -0.2) is 4.98 Å². The minimum absolute atomic E-state index is 0.165. The molecular formula is C15H18Cl2N2O. The van der Waals surface area contributed by atoms with E-state index in [9.17, 15) is 0 Å². The lowest BCUT2D eigenvalue weighted by molar-refractivity contribution is 0.0736. The van der Waals surface area contributed by atoms with Gasteiger partial charge in [0, 0.05) is 6.61 Å². The van der Waals surface area contributed by atoms with Crippen LogP contribution in [-0.2, 0) is 4.74 Å². The van der Waals surface area contributed by atoms with Crippen molar-refractivity contribution in [1.82, 2.24) is 9.55 Å². The molecule has 0 spiro atoms. The maximum atomic E-state index is 6.32. The largest absolute Gasteiger partial charge is 0.376 e. The second kappa shape index (κ2) is 5.55. The molecule has 3 unspecified atom stereocenters. The van der Waals surface area contributed by atoms with Gasteiger partial charge in [-0.1, -0.05) is 17.7 Å². The van der Waals surface area contributed by atoms with Crippen molar-refractivity contribution in [3.8, 4) is 0 Å². The molecular weight excluding hydrogens is 295 g/mol. The van der Waals surface area contributed by atoms with Gasteiger partial charge in [0.25, 0.3) is 0 Å². The second-order valence-corrected chi connectivity index (χ2v) is 6.42. The van der Waals surface area contributed by atoms with Crippen LogP contribution >= 0.6 is 23.2 Å². The molecule has 2 aromatic rings. The number of aromatic nitrogens is 2. The smallest absolute Gasteiger partial charge is 0.128 e. The number of alkyl halides is 1. The van der Waals surface area contributed by atoms with E-state index < -0.39 is 0 Å². The van der Waals surface area contributed by atoms with Gasteiger partial charge in [-0.15, -0.1) is 11.6 Å².